The normalized spacial score (nSPS) is 22.4. The smallest absolute Gasteiger partial charge is 0.271 e. The third-order valence-corrected chi connectivity index (χ3v) is 6.18. The molecule has 0 amide bonds. The number of quaternary nitrogens is 1. The summed E-state index contributed by atoms with van der Waals surface area (Å²) in [5, 5.41) is 0. The lowest BCUT2D eigenvalue weighted by atomic mass is 9.94. The van der Waals surface area contributed by atoms with E-state index in [4.69, 9.17) is 0 Å². The monoisotopic (exact) mass is 342 g/mol. The van der Waals surface area contributed by atoms with Crippen LogP contribution < -0.4 is 11.1 Å². The van der Waals surface area contributed by atoms with Crippen LogP contribution >= 0.6 is 0 Å². The Balaban J connectivity index is 1.82. The zero-order valence-corrected chi connectivity index (χ0v) is 15.2. The molecule has 4 heterocycles. The third kappa shape index (κ3) is 2.46. The number of piperidine rings is 1. The van der Waals surface area contributed by atoms with Gasteiger partial charge in [0.1, 0.15) is 23.8 Å². The number of pyridine rings is 1. The molecule has 2 aromatic heterocycles. The van der Waals surface area contributed by atoms with Crippen molar-refractivity contribution in [1.82, 2.24) is 14.1 Å². The van der Waals surface area contributed by atoms with Crippen LogP contribution in [0.4, 0.5) is 0 Å². The average Bonchev–Trinajstić information content (AvgIpc) is 2.94. The molecule has 25 heavy (non-hydrogen) atoms. The summed E-state index contributed by atoms with van der Waals surface area (Å²) in [6.45, 7) is 10.5. The fourth-order valence-electron chi connectivity index (χ4n) is 4.63. The second-order valence-corrected chi connectivity index (χ2v) is 8.42. The molecule has 133 valence electrons. The van der Waals surface area contributed by atoms with Gasteiger partial charge in [-0.3, -0.25) is 18.7 Å². The zero-order chi connectivity index (χ0) is 17.8. The number of likely N-dealkylation sites (tertiary alicyclic amines) is 1. The van der Waals surface area contributed by atoms with E-state index in [0.717, 1.165) is 42.5 Å². The Bertz CT molecular complexity index is 924. The van der Waals surface area contributed by atoms with Crippen molar-refractivity contribution in [2.75, 3.05) is 19.6 Å². The van der Waals surface area contributed by atoms with Crippen LogP contribution in [0.25, 0.3) is 11.2 Å². The van der Waals surface area contributed by atoms with Crippen molar-refractivity contribution in [2.24, 2.45) is 0 Å². The lowest BCUT2D eigenvalue weighted by Gasteiger charge is -2.52. The number of rotatable bonds is 2. The molecule has 0 spiro atoms. The van der Waals surface area contributed by atoms with Crippen LogP contribution in [0.15, 0.2) is 27.9 Å². The van der Waals surface area contributed by atoms with E-state index in [0.29, 0.717) is 12.2 Å². The molecule has 2 aliphatic rings. The summed E-state index contributed by atoms with van der Waals surface area (Å²) < 4.78 is 4.52. The molecule has 0 aliphatic carbocycles. The molecular formula is C19H26N4O2+. The zero-order valence-electron chi connectivity index (χ0n) is 15.2. The van der Waals surface area contributed by atoms with E-state index < -0.39 is 0 Å². The van der Waals surface area contributed by atoms with E-state index in [9.17, 15) is 9.59 Å². The molecule has 4 rings (SSSR count). The summed E-state index contributed by atoms with van der Waals surface area (Å²) in [6, 6.07) is 3.28. The largest absolute Gasteiger partial charge is 0.318 e. The molecule has 2 aliphatic heterocycles. The van der Waals surface area contributed by atoms with E-state index in [-0.39, 0.29) is 22.7 Å². The fraction of sp³-hybridized carbons (Fsp3) is 0.579. The SMILES string of the molecule is CC(C)(C)[N+]1(CC2Cn3c(=O)ccc4ncc(=O)n2c43)CC[CH]CC1. The minimum absolute atomic E-state index is 0.00502. The standard InChI is InChI=1S/C19H26N4O2/c1-19(2,3)23(9-5-4-6-10-23)13-14-12-21-16(24)8-7-15-18(21)22(14)17(25)11-20-15/h4,7-8,11,14H,5-6,9-10,12-13H2,1-3H3/q+1. The lowest BCUT2D eigenvalue weighted by molar-refractivity contribution is -0.975. The first-order valence-electron chi connectivity index (χ1n) is 9.11. The number of hydrogen-bond acceptors (Lipinski definition) is 3. The summed E-state index contributed by atoms with van der Waals surface area (Å²) in [7, 11) is 0. The van der Waals surface area contributed by atoms with E-state index in [1.165, 1.54) is 6.20 Å². The molecule has 1 fully saturated rings. The van der Waals surface area contributed by atoms with Crippen molar-refractivity contribution in [2.45, 2.75) is 51.7 Å². The minimum Gasteiger partial charge on any atom is -0.318 e. The molecule has 1 saturated heterocycles. The quantitative estimate of drug-likeness (QED) is 0.781. The first-order chi connectivity index (χ1) is 11.8. The summed E-state index contributed by atoms with van der Waals surface area (Å²) >= 11 is 0. The highest BCUT2D eigenvalue weighted by Gasteiger charge is 2.44. The summed E-state index contributed by atoms with van der Waals surface area (Å²) in [5.41, 5.74) is 1.34. The van der Waals surface area contributed by atoms with E-state index >= 15 is 0 Å². The van der Waals surface area contributed by atoms with Crippen LogP contribution in [0.3, 0.4) is 0 Å². The van der Waals surface area contributed by atoms with Crippen molar-refractivity contribution in [3.63, 3.8) is 0 Å². The molecule has 0 aromatic carbocycles. The first-order valence-corrected chi connectivity index (χ1v) is 9.11. The molecule has 1 unspecified atom stereocenters. The van der Waals surface area contributed by atoms with Gasteiger partial charge in [-0.05, 0) is 46.1 Å². The van der Waals surface area contributed by atoms with Gasteiger partial charge in [0.25, 0.3) is 11.1 Å². The summed E-state index contributed by atoms with van der Waals surface area (Å²) in [6.07, 6.45) is 5.98. The number of nitrogens with zero attached hydrogens (tertiary/aromatic N) is 4. The van der Waals surface area contributed by atoms with Crippen molar-refractivity contribution >= 4 is 11.2 Å². The van der Waals surface area contributed by atoms with Gasteiger partial charge in [0.05, 0.1) is 31.4 Å². The van der Waals surface area contributed by atoms with Crippen LogP contribution in [0.2, 0.25) is 0 Å². The van der Waals surface area contributed by atoms with Crippen molar-refractivity contribution in [3.8, 4) is 0 Å². The number of hydrogen-bond donors (Lipinski definition) is 0. The summed E-state index contributed by atoms with van der Waals surface area (Å²) in [4.78, 5) is 29.1. The van der Waals surface area contributed by atoms with Gasteiger partial charge in [-0.1, -0.05) is 0 Å². The van der Waals surface area contributed by atoms with Crippen LogP contribution in [-0.4, -0.2) is 43.8 Å². The fourth-order valence-corrected chi connectivity index (χ4v) is 4.63. The molecule has 6 heteroatoms. The first kappa shape index (κ1) is 16.5. The van der Waals surface area contributed by atoms with Crippen LogP contribution in [0.1, 0.15) is 39.7 Å². The van der Waals surface area contributed by atoms with Gasteiger partial charge >= 0.3 is 0 Å². The van der Waals surface area contributed by atoms with Crippen molar-refractivity contribution in [3.05, 3.63) is 45.5 Å². The highest BCUT2D eigenvalue weighted by atomic mass is 16.1. The second-order valence-electron chi connectivity index (χ2n) is 8.42. The lowest BCUT2D eigenvalue weighted by Crippen LogP contribution is -2.64. The Morgan fingerprint density at radius 3 is 2.56 bits per heavy atom. The van der Waals surface area contributed by atoms with Crippen molar-refractivity contribution in [1.29, 1.82) is 0 Å². The predicted molar refractivity (Wildman–Crippen MR) is 97.4 cm³/mol. The predicted octanol–water partition coefficient (Wildman–Crippen LogP) is 1.73. The molecular weight excluding hydrogens is 316 g/mol. The second kappa shape index (κ2) is 5.53. The van der Waals surface area contributed by atoms with Gasteiger partial charge in [0, 0.05) is 6.07 Å². The topological polar surface area (TPSA) is 56.9 Å². The van der Waals surface area contributed by atoms with E-state index in [1.54, 1.807) is 16.7 Å². The number of aromatic nitrogens is 3. The molecule has 2 aromatic rings. The van der Waals surface area contributed by atoms with Gasteiger partial charge in [0.15, 0.2) is 0 Å². The third-order valence-electron chi connectivity index (χ3n) is 6.18. The van der Waals surface area contributed by atoms with Gasteiger partial charge in [-0.15, -0.1) is 0 Å². The molecule has 0 saturated carbocycles. The van der Waals surface area contributed by atoms with E-state index in [2.05, 4.69) is 32.2 Å². The Hall–Kier alpha value is -1.95. The van der Waals surface area contributed by atoms with Gasteiger partial charge in [-0.2, -0.15) is 0 Å². The van der Waals surface area contributed by atoms with Crippen molar-refractivity contribution < 1.29 is 4.48 Å². The molecule has 1 radical (unpaired) electrons. The molecule has 1 atom stereocenters. The Morgan fingerprint density at radius 1 is 1.16 bits per heavy atom. The van der Waals surface area contributed by atoms with Crippen LogP contribution in [-0.2, 0) is 6.54 Å². The maximum absolute atomic E-state index is 12.6. The Labute approximate surface area is 147 Å². The molecule has 0 N–H and O–H groups in total. The van der Waals surface area contributed by atoms with Gasteiger partial charge in [-0.25, -0.2) is 4.98 Å². The minimum atomic E-state index is -0.106. The summed E-state index contributed by atoms with van der Waals surface area (Å²) in [5.74, 6) is 0. The maximum atomic E-state index is 12.6. The molecule has 0 bridgehead atoms. The van der Waals surface area contributed by atoms with Crippen LogP contribution in [0.5, 0.6) is 0 Å². The molecule has 6 nitrogen and oxygen atoms in total. The Morgan fingerprint density at radius 2 is 1.88 bits per heavy atom. The Kier molecular flexibility index (Phi) is 3.65. The van der Waals surface area contributed by atoms with Crippen LogP contribution in [0, 0.1) is 6.42 Å². The van der Waals surface area contributed by atoms with Gasteiger partial charge in [0.2, 0.25) is 0 Å². The van der Waals surface area contributed by atoms with Gasteiger partial charge < -0.3 is 4.48 Å². The maximum Gasteiger partial charge on any atom is 0.271 e. The van der Waals surface area contributed by atoms with E-state index in [1.807, 2.05) is 4.57 Å². The highest BCUT2D eigenvalue weighted by molar-refractivity contribution is 5.71. The average molecular weight is 342 g/mol. The highest BCUT2D eigenvalue weighted by Crippen LogP contribution is 2.34.